The van der Waals surface area contributed by atoms with Crippen LogP contribution in [0, 0.1) is 0 Å². The average Bonchev–Trinajstić information content (AvgIpc) is 2.39. The van der Waals surface area contributed by atoms with Crippen LogP contribution in [0.4, 0.5) is 4.79 Å². The van der Waals surface area contributed by atoms with Gasteiger partial charge in [0.25, 0.3) is 0 Å². The van der Waals surface area contributed by atoms with Crippen LogP contribution in [-0.2, 0) is 11.3 Å². The summed E-state index contributed by atoms with van der Waals surface area (Å²) in [6.45, 7) is 0.0225. The number of urea groups is 1. The lowest BCUT2D eigenvalue weighted by molar-refractivity contribution is -0.139. The van der Waals surface area contributed by atoms with Gasteiger partial charge in [0, 0.05) is 39.0 Å². The highest BCUT2D eigenvalue weighted by atomic mass is 16.4. The number of carboxylic acids is 1. The lowest BCUT2D eigenvalue weighted by atomic mass is 10.2. The third-order valence-corrected chi connectivity index (χ3v) is 2.50. The van der Waals surface area contributed by atoms with E-state index in [9.17, 15) is 9.59 Å². The summed E-state index contributed by atoms with van der Waals surface area (Å²) in [5.41, 5.74) is 0.842. The van der Waals surface area contributed by atoms with Gasteiger partial charge in [0.2, 0.25) is 0 Å². The fraction of sp³-hybridized carbons (Fsp3) is 0.417. The van der Waals surface area contributed by atoms with Crippen LogP contribution in [0.3, 0.4) is 0 Å². The van der Waals surface area contributed by atoms with E-state index in [0.29, 0.717) is 6.54 Å². The first kappa shape index (κ1) is 14.9. The van der Waals surface area contributed by atoms with Gasteiger partial charge in [-0.15, -0.1) is 0 Å². The van der Waals surface area contributed by atoms with E-state index in [2.05, 4.69) is 10.3 Å². The van der Waals surface area contributed by atoms with Crippen LogP contribution in [-0.4, -0.2) is 51.8 Å². The Kier molecular flexibility index (Phi) is 5.74. The first-order valence-electron chi connectivity index (χ1n) is 5.78. The number of hydrogen-bond donors (Lipinski definition) is 3. The second-order valence-corrected chi connectivity index (χ2v) is 4.07. The minimum Gasteiger partial charge on any atom is -0.480 e. The molecule has 0 radical (unpaired) electrons. The number of aliphatic hydroxyl groups is 1. The standard InChI is InChI=1S/C12H17N3O4/c1-15(8-9-3-2-5-13-7-9)12(19)14-10(4-6-16)11(17)18/h2-3,5,7,10,16H,4,6,8H2,1H3,(H,14,19)(H,17,18)/t10-/m1/s1. The Hall–Kier alpha value is -2.15. The molecule has 1 atom stereocenters. The van der Waals surface area contributed by atoms with Gasteiger partial charge in [-0.3, -0.25) is 4.98 Å². The molecule has 7 heteroatoms. The SMILES string of the molecule is CN(Cc1cccnc1)C(=O)N[C@H](CCO)C(=O)O. The zero-order chi connectivity index (χ0) is 14.3. The Morgan fingerprint density at radius 3 is 2.79 bits per heavy atom. The number of aliphatic carboxylic acids is 1. The summed E-state index contributed by atoms with van der Waals surface area (Å²) in [5.74, 6) is -1.17. The van der Waals surface area contributed by atoms with E-state index in [1.807, 2.05) is 6.07 Å². The van der Waals surface area contributed by atoms with Crippen LogP contribution in [0.25, 0.3) is 0 Å². The van der Waals surface area contributed by atoms with Crippen molar-refractivity contribution in [3.63, 3.8) is 0 Å². The largest absolute Gasteiger partial charge is 0.480 e. The molecule has 1 rings (SSSR count). The summed E-state index contributed by atoms with van der Waals surface area (Å²) in [5, 5.41) is 20.0. The number of carbonyl (C=O) groups excluding carboxylic acids is 1. The summed E-state index contributed by atoms with van der Waals surface area (Å²) in [6, 6.07) is 1.98. The van der Waals surface area contributed by atoms with E-state index in [0.717, 1.165) is 5.56 Å². The van der Waals surface area contributed by atoms with E-state index >= 15 is 0 Å². The highest BCUT2D eigenvalue weighted by molar-refractivity contribution is 5.82. The van der Waals surface area contributed by atoms with Crippen molar-refractivity contribution in [2.45, 2.75) is 19.0 Å². The van der Waals surface area contributed by atoms with Crippen molar-refractivity contribution in [3.8, 4) is 0 Å². The minimum absolute atomic E-state index is 0.0260. The van der Waals surface area contributed by atoms with Crippen molar-refractivity contribution in [2.75, 3.05) is 13.7 Å². The predicted octanol–water partition coefficient (Wildman–Crippen LogP) is 0.0586. The van der Waals surface area contributed by atoms with Crippen LogP contribution in [0.2, 0.25) is 0 Å². The molecule has 104 valence electrons. The zero-order valence-electron chi connectivity index (χ0n) is 10.6. The summed E-state index contributed by atoms with van der Waals surface area (Å²) < 4.78 is 0. The highest BCUT2D eigenvalue weighted by Crippen LogP contribution is 2.02. The van der Waals surface area contributed by atoms with E-state index in [-0.39, 0.29) is 13.0 Å². The summed E-state index contributed by atoms with van der Waals surface area (Å²) >= 11 is 0. The monoisotopic (exact) mass is 267 g/mol. The molecule has 0 spiro atoms. The van der Waals surface area contributed by atoms with Crippen molar-refractivity contribution in [2.24, 2.45) is 0 Å². The number of amides is 2. The Balaban J connectivity index is 2.54. The van der Waals surface area contributed by atoms with Crippen molar-refractivity contribution < 1.29 is 19.8 Å². The second-order valence-electron chi connectivity index (χ2n) is 4.07. The van der Waals surface area contributed by atoms with Crippen LogP contribution >= 0.6 is 0 Å². The van der Waals surface area contributed by atoms with Gasteiger partial charge in [0.1, 0.15) is 6.04 Å². The van der Waals surface area contributed by atoms with E-state index in [1.165, 1.54) is 4.90 Å². The third kappa shape index (κ3) is 4.92. The molecule has 3 N–H and O–H groups in total. The summed E-state index contributed by atoms with van der Waals surface area (Å²) in [7, 11) is 1.56. The number of carboxylic acid groups (broad SMARTS) is 1. The van der Waals surface area contributed by atoms with Crippen molar-refractivity contribution in [1.29, 1.82) is 0 Å². The first-order valence-corrected chi connectivity index (χ1v) is 5.78. The van der Waals surface area contributed by atoms with Gasteiger partial charge in [-0.05, 0) is 11.6 Å². The number of carbonyl (C=O) groups is 2. The first-order chi connectivity index (χ1) is 9.04. The maximum atomic E-state index is 11.8. The molecule has 1 aromatic heterocycles. The fourth-order valence-corrected chi connectivity index (χ4v) is 1.48. The summed E-state index contributed by atoms with van der Waals surface area (Å²) in [6.07, 6.45) is 3.24. The normalized spacial score (nSPS) is 11.7. The predicted molar refractivity (Wildman–Crippen MR) is 67.4 cm³/mol. The lowest BCUT2D eigenvalue weighted by Crippen LogP contribution is -2.46. The molecule has 1 heterocycles. The topological polar surface area (TPSA) is 103 Å². The Bertz CT molecular complexity index is 424. The molecule has 0 bridgehead atoms. The molecular weight excluding hydrogens is 250 g/mol. The smallest absolute Gasteiger partial charge is 0.326 e. The van der Waals surface area contributed by atoms with Gasteiger partial charge in [-0.2, -0.15) is 0 Å². The lowest BCUT2D eigenvalue weighted by Gasteiger charge is -2.21. The number of aromatic nitrogens is 1. The number of aliphatic hydroxyl groups excluding tert-OH is 1. The van der Waals surface area contributed by atoms with Crippen LogP contribution in [0.1, 0.15) is 12.0 Å². The number of rotatable bonds is 6. The molecule has 0 aliphatic rings. The fourth-order valence-electron chi connectivity index (χ4n) is 1.48. The van der Waals surface area contributed by atoms with Crippen LogP contribution in [0.15, 0.2) is 24.5 Å². The molecule has 0 aromatic carbocycles. The van der Waals surface area contributed by atoms with Gasteiger partial charge in [-0.25, -0.2) is 9.59 Å². The molecule has 0 fully saturated rings. The van der Waals surface area contributed by atoms with Crippen LogP contribution < -0.4 is 5.32 Å². The third-order valence-electron chi connectivity index (χ3n) is 2.50. The molecule has 19 heavy (non-hydrogen) atoms. The van der Waals surface area contributed by atoms with Gasteiger partial charge >= 0.3 is 12.0 Å². The number of hydrogen-bond acceptors (Lipinski definition) is 4. The van der Waals surface area contributed by atoms with E-state index in [1.54, 1.807) is 25.5 Å². The number of pyridine rings is 1. The van der Waals surface area contributed by atoms with E-state index in [4.69, 9.17) is 10.2 Å². The molecule has 0 aliphatic carbocycles. The molecule has 0 aliphatic heterocycles. The highest BCUT2D eigenvalue weighted by Gasteiger charge is 2.21. The molecule has 0 unspecified atom stereocenters. The van der Waals surface area contributed by atoms with Gasteiger partial charge in [0.15, 0.2) is 0 Å². The van der Waals surface area contributed by atoms with Gasteiger partial charge in [0.05, 0.1) is 0 Å². The minimum atomic E-state index is -1.17. The number of nitrogens with one attached hydrogen (secondary N) is 1. The van der Waals surface area contributed by atoms with Gasteiger partial charge in [-0.1, -0.05) is 6.07 Å². The maximum absolute atomic E-state index is 11.8. The Morgan fingerprint density at radius 1 is 1.53 bits per heavy atom. The molecule has 2 amide bonds. The van der Waals surface area contributed by atoms with Crippen molar-refractivity contribution >= 4 is 12.0 Å². The Morgan fingerprint density at radius 2 is 2.26 bits per heavy atom. The summed E-state index contributed by atoms with van der Waals surface area (Å²) in [4.78, 5) is 27.9. The second kappa shape index (κ2) is 7.32. The van der Waals surface area contributed by atoms with Gasteiger partial charge < -0.3 is 20.4 Å². The zero-order valence-corrected chi connectivity index (χ0v) is 10.6. The van der Waals surface area contributed by atoms with Crippen molar-refractivity contribution in [1.82, 2.24) is 15.2 Å². The quantitative estimate of drug-likeness (QED) is 0.676. The maximum Gasteiger partial charge on any atom is 0.326 e. The molecule has 0 saturated carbocycles. The Labute approximate surface area is 110 Å². The molecular formula is C12H17N3O4. The molecule has 7 nitrogen and oxygen atoms in total. The average molecular weight is 267 g/mol. The molecule has 0 saturated heterocycles. The molecule has 1 aromatic rings. The van der Waals surface area contributed by atoms with Crippen molar-refractivity contribution in [3.05, 3.63) is 30.1 Å². The van der Waals surface area contributed by atoms with Crippen LogP contribution in [0.5, 0.6) is 0 Å². The van der Waals surface area contributed by atoms with E-state index < -0.39 is 18.0 Å². The number of nitrogens with zero attached hydrogens (tertiary/aromatic N) is 2.